The smallest absolute Gasteiger partial charge is 0.323 e. The van der Waals surface area contributed by atoms with Gasteiger partial charge in [0.05, 0.1) is 7.11 Å². The highest BCUT2D eigenvalue weighted by Crippen LogP contribution is 2.34. The number of amides is 1. The van der Waals surface area contributed by atoms with Crippen molar-refractivity contribution in [3.63, 3.8) is 0 Å². The first-order chi connectivity index (χ1) is 15.9. The van der Waals surface area contributed by atoms with Crippen LogP contribution in [-0.4, -0.2) is 54.0 Å². The minimum absolute atomic E-state index is 0.176. The molecular weight excluding hydrogens is 438 g/mol. The predicted molar refractivity (Wildman–Crippen MR) is 131 cm³/mol. The largest absolute Gasteiger partial charge is 0.468 e. The van der Waals surface area contributed by atoms with E-state index in [9.17, 15) is 9.59 Å². The number of H-pyrrole nitrogens is 1. The zero-order chi connectivity index (χ0) is 23.5. The second-order valence-corrected chi connectivity index (χ2v) is 8.88. The van der Waals surface area contributed by atoms with E-state index in [0.717, 1.165) is 27.6 Å². The van der Waals surface area contributed by atoms with Crippen molar-refractivity contribution in [2.24, 2.45) is 0 Å². The Kier molecular flexibility index (Phi) is 6.86. The van der Waals surface area contributed by atoms with Crippen molar-refractivity contribution in [3.05, 3.63) is 70.9 Å². The molecule has 0 saturated carbocycles. The summed E-state index contributed by atoms with van der Waals surface area (Å²) in [6, 6.07) is 14.8. The number of fused-ring (bicyclic) bond motifs is 1. The number of nitrogens with one attached hydrogen (secondary N) is 2. The zero-order valence-electron chi connectivity index (χ0n) is 19.0. The maximum absolute atomic E-state index is 13.5. The van der Waals surface area contributed by atoms with E-state index in [1.165, 1.54) is 7.11 Å². The van der Waals surface area contributed by atoms with Gasteiger partial charge >= 0.3 is 5.97 Å². The van der Waals surface area contributed by atoms with Crippen molar-refractivity contribution in [3.8, 4) is 11.1 Å². The molecule has 1 amide bonds. The highest BCUT2D eigenvalue weighted by atomic mass is 35.5. The van der Waals surface area contributed by atoms with Crippen LogP contribution in [0, 0.1) is 0 Å². The molecule has 0 bridgehead atoms. The lowest BCUT2D eigenvalue weighted by Crippen LogP contribution is -2.39. The molecule has 1 saturated heterocycles. The van der Waals surface area contributed by atoms with Crippen molar-refractivity contribution in [1.29, 1.82) is 0 Å². The van der Waals surface area contributed by atoms with Gasteiger partial charge in [0, 0.05) is 40.6 Å². The molecule has 33 heavy (non-hydrogen) atoms. The Hall–Kier alpha value is -3.09. The topological polar surface area (TPSA) is 74.4 Å². The third-order valence-electron chi connectivity index (χ3n) is 6.21. The second-order valence-electron chi connectivity index (χ2n) is 8.44. The number of rotatable bonds is 6. The molecule has 172 valence electrons. The first-order valence-corrected chi connectivity index (χ1v) is 11.4. The number of carbonyl (C=O) groups excluding carboxylic acids is 2. The summed E-state index contributed by atoms with van der Waals surface area (Å²) in [5.74, 6) is -0.486. The third kappa shape index (κ3) is 4.82. The van der Waals surface area contributed by atoms with E-state index < -0.39 is 0 Å². The van der Waals surface area contributed by atoms with Crippen LogP contribution in [0.1, 0.15) is 30.8 Å². The van der Waals surface area contributed by atoms with E-state index in [2.05, 4.69) is 15.2 Å². The maximum atomic E-state index is 13.5. The third-order valence-corrected chi connectivity index (χ3v) is 6.44. The van der Waals surface area contributed by atoms with Crippen molar-refractivity contribution >= 4 is 34.4 Å². The van der Waals surface area contributed by atoms with E-state index in [1.807, 2.05) is 62.4 Å². The Morgan fingerprint density at radius 2 is 2.00 bits per heavy atom. The minimum atomic E-state index is -0.384. The number of aromatic nitrogens is 1. The van der Waals surface area contributed by atoms with Crippen molar-refractivity contribution in [2.75, 3.05) is 20.2 Å². The van der Waals surface area contributed by atoms with E-state index in [1.54, 1.807) is 6.07 Å². The Balaban J connectivity index is 1.64. The van der Waals surface area contributed by atoms with Gasteiger partial charge in [-0.1, -0.05) is 53.6 Å². The number of methoxy groups -OCH3 is 1. The van der Waals surface area contributed by atoms with Gasteiger partial charge < -0.3 is 15.0 Å². The lowest BCUT2D eigenvalue weighted by Gasteiger charge is -2.22. The lowest BCUT2D eigenvalue weighted by molar-refractivity contribution is -0.145. The van der Waals surface area contributed by atoms with E-state index in [0.29, 0.717) is 30.2 Å². The molecule has 2 aromatic carbocycles. The molecule has 0 spiro atoms. The lowest BCUT2D eigenvalue weighted by atomic mass is 10.0. The molecule has 4 rings (SSSR count). The van der Waals surface area contributed by atoms with Gasteiger partial charge in [-0.3, -0.25) is 14.5 Å². The predicted octanol–water partition coefficient (Wildman–Crippen LogP) is 4.80. The van der Waals surface area contributed by atoms with Crippen molar-refractivity contribution in [1.82, 2.24) is 15.2 Å². The quantitative estimate of drug-likeness (QED) is 0.405. The molecule has 1 aliphatic heterocycles. The second kappa shape index (κ2) is 9.81. The highest BCUT2D eigenvalue weighted by molar-refractivity contribution is 6.31. The van der Waals surface area contributed by atoms with Crippen molar-refractivity contribution in [2.45, 2.75) is 32.4 Å². The number of hydrogen-bond acceptors (Lipinski definition) is 4. The number of esters is 1. The number of aromatic amines is 1. The van der Waals surface area contributed by atoms with E-state index in [4.69, 9.17) is 16.3 Å². The van der Waals surface area contributed by atoms with Crippen molar-refractivity contribution < 1.29 is 14.3 Å². The first kappa shape index (κ1) is 23.1. The number of likely N-dealkylation sites (tertiary alicyclic amines) is 1. The Labute approximate surface area is 198 Å². The SMILES string of the molecule is CC=C(C)CN1C[C@@H](NC(=O)c2[nH]c3ccc(Cl)cc3c2-c2ccccc2)C[C@H]1C(=O)OC. The number of ether oxygens (including phenoxy) is 1. The van der Waals surface area contributed by atoms with Gasteiger partial charge in [-0.05, 0) is 44.0 Å². The molecule has 1 aromatic heterocycles. The van der Waals surface area contributed by atoms with Crippen LogP contribution in [0.25, 0.3) is 22.0 Å². The Morgan fingerprint density at radius 1 is 1.24 bits per heavy atom. The average Bonchev–Trinajstić information content (AvgIpc) is 3.39. The zero-order valence-corrected chi connectivity index (χ0v) is 19.8. The standard InChI is InChI=1S/C26H28ClN3O3/c1-4-16(2)14-30-15-19(13-22(30)26(32)33-3)28-25(31)24-23(17-8-6-5-7-9-17)20-12-18(27)10-11-21(20)29-24/h4-12,19,22,29H,13-15H2,1-3H3,(H,28,31)/t19-,22-/m0/s1. The number of carbonyl (C=O) groups is 2. The molecular formula is C26H28ClN3O3. The summed E-state index contributed by atoms with van der Waals surface area (Å²) in [5.41, 5.74) is 4.23. The fourth-order valence-electron chi connectivity index (χ4n) is 4.47. The summed E-state index contributed by atoms with van der Waals surface area (Å²) in [6.07, 6.45) is 2.53. The van der Waals surface area contributed by atoms with Gasteiger partial charge in [-0.15, -0.1) is 0 Å². The molecule has 3 aromatic rings. The van der Waals surface area contributed by atoms with Gasteiger partial charge in [0.2, 0.25) is 0 Å². The molecule has 2 atom stereocenters. The van der Waals surface area contributed by atoms with Crippen LogP contribution >= 0.6 is 11.6 Å². The Bertz CT molecular complexity index is 1200. The molecule has 7 heteroatoms. The number of halogens is 1. The van der Waals surface area contributed by atoms with Crippen LogP contribution < -0.4 is 5.32 Å². The number of hydrogen-bond donors (Lipinski definition) is 2. The summed E-state index contributed by atoms with van der Waals surface area (Å²) in [7, 11) is 1.40. The summed E-state index contributed by atoms with van der Waals surface area (Å²) in [5, 5.41) is 4.64. The number of nitrogens with zero attached hydrogens (tertiary/aromatic N) is 1. The Morgan fingerprint density at radius 3 is 2.70 bits per heavy atom. The van der Waals surface area contributed by atoms with Crippen LogP contribution in [0.3, 0.4) is 0 Å². The number of benzene rings is 2. The fraction of sp³-hybridized carbons (Fsp3) is 0.308. The van der Waals surface area contributed by atoms with Gasteiger partial charge in [-0.25, -0.2) is 0 Å². The van der Waals surface area contributed by atoms with Gasteiger partial charge in [0.15, 0.2) is 0 Å². The number of allylic oxidation sites excluding steroid dienone is 1. The maximum Gasteiger partial charge on any atom is 0.323 e. The van der Waals surface area contributed by atoms with Crippen LogP contribution in [-0.2, 0) is 9.53 Å². The highest BCUT2D eigenvalue weighted by Gasteiger charge is 2.38. The molecule has 6 nitrogen and oxygen atoms in total. The van der Waals surface area contributed by atoms with Crippen LogP contribution in [0.2, 0.25) is 5.02 Å². The van der Waals surface area contributed by atoms with Crippen LogP contribution in [0.5, 0.6) is 0 Å². The molecule has 0 aliphatic carbocycles. The van der Waals surface area contributed by atoms with Crippen LogP contribution in [0.4, 0.5) is 0 Å². The molecule has 1 fully saturated rings. The first-order valence-electron chi connectivity index (χ1n) is 11.0. The van der Waals surface area contributed by atoms with Crippen LogP contribution in [0.15, 0.2) is 60.2 Å². The molecule has 2 N–H and O–H groups in total. The van der Waals surface area contributed by atoms with E-state index >= 15 is 0 Å². The fourth-order valence-corrected chi connectivity index (χ4v) is 4.64. The van der Waals surface area contributed by atoms with Gasteiger partial charge in [0.1, 0.15) is 11.7 Å². The van der Waals surface area contributed by atoms with Gasteiger partial charge in [-0.2, -0.15) is 0 Å². The molecule has 0 unspecified atom stereocenters. The molecule has 0 radical (unpaired) electrons. The minimum Gasteiger partial charge on any atom is -0.468 e. The van der Waals surface area contributed by atoms with Gasteiger partial charge in [0.25, 0.3) is 5.91 Å². The molecule has 2 heterocycles. The molecule has 1 aliphatic rings. The monoisotopic (exact) mass is 465 g/mol. The summed E-state index contributed by atoms with van der Waals surface area (Å²) in [4.78, 5) is 31.2. The average molecular weight is 466 g/mol. The van der Waals surface area contributed by atoms with E-state index in [-0.39, 0.29) is 24.0 Å². The summed E-state index contributed by atoms with van der Waals surface area (Å²) in [6.45, 7) is 5.24. The summed E-state index contributed by atoms with van der Waals surface area (Å²) < 4.78 is 5.01. The normalized spacial score (nSPS) is 19.1. The summed E-state index contributed by atoms with van der Waals surface area (Å²) >= 11 is 6.27.